The number of hydrogen-bond donors (Lipinski definition) is 2. The Labute approximate surface area is 114 Å². The highest BCUT2D eigenvalue weighted by Crippen LogP contribution is 2.27. The van der Waals surface area contributed by atoms with Crippen molar-refractivity contribution < 1.29 is 5.11 Å². The number of fused-ring (bicyclic) bond motifs is 1. The van der Waals surface area contributed by atoms with Gasteiger partial charge in [0.2, 0.25) is 0 Å². The number of aliphatic hydroxyl groups excluding tert-OH is 1. The van der Waals surface area contributed by atoms with E-state index in [2.05, 4.69) is 41.2 Å². The third-order valence-electron chi connectivity index (χ3n) is 4.29. The van der Waals surface area contributed by atoms with E-state index in [4.69, 9.17) is 0 Å². The van der Waals surface area contributed by atoms with Crippen LogP contribution in [0.25, 0.3) is 10.9 Å². The van der Waals surface area contributed by atoms with E-state index in [0.717, 1.165) is 19.5 Å². The fraction of sp³-hybridized carbons (Fsp3) is 0.500. The van der Waals surface area contributed by atoms with E-state index in [1.807, 2.05) is 6.20 Å². The Bertz CT molecular complexity index is 548. The standard InChI is InChI=1S/C16H22N2O/c1-18(11-13-5-3-7-16(13)19)10-12-4-2-6-15-14(12)8-9-17-15/h2,4,6,8-9,13,16-17,19H,3,5,7,10-11H2,1H3. The summed E-state index contributed by atoms with van der Waals surface area (Å²) in [7, 11) is 2.15. The highest BCUT2D eigenvalue weighted by atomic mass is 16.3. The molecule has 1 saturated carbocycles. The molecule has 1 aromatic heterocycles. The second kappa shape index (κ2) is 5.35. The van der Waals surface area contributed by atoms with Crippen LogP contribution in [0.1, 0.15) is 24.8 Å². The molecule has 2 atom stereocenters. The van der Waals surface area contributed by atoms with Crippen LogP contribution in [0.2, 0.25) is 0 Å². The van der Waals surface area contributed by atoms with Gasteiger partial charge in [0, 0.05) is 30.2 Å². The summed E-state index contributed by atoms with van der Waals surface area (Å²) in [6.45, 7) is 1.93. The van der Waals surface area contributed by atoms with Crippen LogP contribution >= 0.6 is 0 Å². The Balaban J connectivity index is 1.68. The molecule has 1 aliphatic carbocycles. The van der Waals surface area contributed by atoms with Crippen molar-refractivity contribution in [3.63, 3.8) is 0 Å². The zero-order valence-electron chi connectivity index (χ0n) is 11.5. The van der Waals surface area contributed by atoms with Gasteiger partial charge in [-0.2, -0.15) is 0 Å². The second-order valence-electron chi connectivity index (χ2n) is 5.81. The average molecular weight is 258 g/mol. The van der Waals surface area contributed by atoms with E-state index in [-0.39, 0.29) is 6.10 Å². The van der Waals surface area contributed by atoms with Crippen molar-refractivity contribution in [3.8, 4) is 0 Å². The topological polar surface area (TPSA) is 39.3 Å². The van der Waals surface area contributed by atoms with Crippen molar-refractivity contribution in [3.05, 3.63) is 36.0 Å². The maximum Gasteiger partial charge on any atom is 0.0580 e. The van der Waals surface area contributed by atoms with Crippen molar-refractivity contribution in [2.75, 3.05) is 13.6 Å². The van der Waals surface area contributed by atoms with Gasteiger partial charge in [0.05, 0.1) is 6.10 Å². The lowest BCUT2D eigenvalue weighted by Crippen LogP contribution is -2.29. The Morgan fingerprint density at radius 1 is 1.32 bits per heavy atom. The lowest BCUT2D eigenvalue weighted by molar-refractivity contribution is 0.108. The molecular formula is C16H22N2O. The monoisotopic (exact) mass is 258 g/mol. The van der Waals surface area contributed by atoms with Gasteiger partial charge in [0.15, 0.2) is 0 Å². The Morgan fingerprint density at radius 2 is 2.21 bits per heavy atom. The molecule has 1 heterocycles. The van der Waals surface area contributed by atoms with Gasteiger partial charge >= 0.3 is 0 Å². The highest BCUT2D eigenvalue weighted by Gasteiger charge is 2.26. The van der Waals surface area contributed by atoms with E-state index in [1.165, 1.54) is 29.3 Å². The van der Waals surface area contributed by atoms with Crippen molar-refractivity contribution >= 4 is 10.9 Å². The van der Waals surface area contributed by atoms with E-state index in [1.54, 1.807) is 0 Å². The smallest absolute Gasteiger partial charge is 0.0580 e. The molecule has 2 unspecified atom stereocenters. The van der Waals surface area contributed by atoms with Crippen LogP contribution in [0.15, 0.2) is 30.5 Å². The van der Waals surface area contributed by atoms with Crippen LogP contribution in [-0.2, 0) is 6.54 Å². The summed E-state index contributed by atoms with van der Waals surface area (Å²) in [5.41, 5.74) is 2.56. The first kappa shape index (κ1) is 12.7. The predicted molar refractivity (Wildman–Crippen MR) is 78.0 cm³/mol. The van der Waals surface area contributed by atoms with Crippen molar-refractivity contribution in [2.45, 2.75) is 31.9 Å². The zero-order valence-corrected chi connectivity index (χ0v) is 11.5. The van der Waals surface area contributed by atoms with Gasteiger partial charge in [-0.15, -0.1) is 0 Å². The van der Waals surface area contributed by atoms with E-state index in [0.29, 0.717) is 5.92 Å². The largest absolute Gasteiger partial charge is 0.393 e. The first-order chi connectivity index (χ1) is 9.24. The number of rotatable bonds is 4. The summed E-state index contributed by atoms with van der Waals surface area (Å²) in [5.74, 6) is 0.454. The minimum Gasteiger partial charge on any atom is -0.393 e. The lowest BCUT2D eigenvalue weighted by Gasteiger charge is -2.23. The molecule has 2 N–H and O–H groups in total. The quantitative estimate of drug-likeness (QED) is 0.885. The molecule has 3 nitrogen and oxygen atoms in total. The summed E-state index contributed by atoms with van der Waals surface area (Å²) in [4.78, 5) is 5.59. The molecule has 3 rings (SSSR count). The molecular weight excluding hydrogens is 236 g/mol. The molecule has 1 fully saturated rings. The number of aliphatic hydroxyl groups is 1. The summed E-state index contributed by atoms with van der Waals surface area (Å²) in [6, 6.07) is 8.55. The Kier molecular flexibility index (Phi) is 3.58. The van der Waals surface area contributed by atoms with Gasteiger partial charge in [-0.25, -0.2) is 0 Å². The van der Waals surface area contributed by atoms with Gasteiger partial charge < -0.3 is 15.0 Å². The van der Waals surface area contributed by atoms with Gasteiger partial charge in [-0.05, 0) is 43.5 Å². The number of nitrogens with zero attached hydrogens (tertiary/aromatic N) is 1. The highest BCUT2D eigenvalue weighted by molar-refractivity contribution is 5.82. The normalized spacial score (nSPS) is 23.5. The van der Waals surface area contributed by atoms with E-state index in [9.17, 15) is 5.11 Å². The molecule has 0 saturated heterocycles. The van der Waals surface area contributed by atoms with Crippen molar-refractivity contribution in [2.24, 2.45) is 5.92 Å². The van der Waals surface area contributed by atoms with Crippen LogP contribution in [0.3, 0.4) is 0 Å². The minimum absolute atomic E-state index is 0.0921. The molecule has 0 spiro atoms. The minimum atomic E-state index is -0.0921. The Hall–Kier alpha value is -1.32. The SMILES string of the molecule is CN(Cc1cccc2[nH]ccc12)CC1CCCC1O. The third-order valence-corrected chi connectivity index (χ3v) is 4.29. The number of aromatic nitrogens is 1. The molecule has 0 radical (unpaired) electrons. The van der Waals surface area contributed by atoms with Crippen LogP contribution in [0.5, 0.6) is 0 Å². The van der Waals surface area contributed by atoms with Crippen LogP contribution in [-0.4, -0.2) is 34.7 Å². The molecule has 2 aromatic rings. The predicted octanol–water partition coefficient (Wildman–Crippen LogP) is 2.76. The fourth-order valence-corrected chi connectivity index (χ4v) is 3.27. The number of benzene rings is 1. The van der Waals surface area contributed by atoms with E-state index >= 15 is 0 Å². The lowest BCUT2D eigenvalue weighted by atomic mass is 10.0. The third kappa shape index (κ3) is 2.67. The molecule has 0 bridgehead atoms. The van der Waals surface area contributed by atoms with E-state index < -0.39 is 0 Å². The first-order valence-electron chi connectivity index (χ1n) is 7.15. The molecule has 19 heavy (non-hydrogen) atoms. The van der Waals surface area contributed by atoms with Gasteiger partial charge in [-0.3, -0.25) is 0 Å². The maximum absolute atomic E-state index is 9.91. The molecule has 102 valence electrons. The summed E-state index contributed by atoms with van der Waals surface area (Å²) >= 11 is 0. The molecule has 3 heteroatoms. The number of H-pyrrole nitrogens is 1. The van der Waals surface area contributed by atoms with Gasteiger partial charge in [-0.1, -0.05) is 18.6 Å². The molecule has 0 amide bonds. The first-order valence-corrected chi connectivity index (χ1v) is 7.15. The molecule has 0 aliphatic heterocycles. The summed E-state index contributed by atoms with van der Waals surface area (Å²) in [5, 5.41) is 11.2. The van der Waals surface area contributed by atoms with Crippen LogP contribution in [0.4, 0.5) is 0 Å². The molecule has 1 aromatic carbocycles. The van der Waals surface area contributed by atoms with Gasteiger partial charge in [0.25, 0.3) is 0 Å². The molecule has 1 aliphatic rings. The summed E-state index contributed by atoms with van der Waals surface area (Å²) in [6.07, 6.45) is 5.22. The number of nitrogens with one attached hydrogen (secondary N) is 1. The van der Waals surface area contributed by atoms with Crippen molar-refractivity contribution in [1.82, 2.24) is 9.88 Å². The fourth-order valence-electron chi connectivity index (χ4n) is 3.27. The van der Waals surface area contributed by atoms with Crippen LogP contribution < -0.4 is 0 Å². The average Bonchev–Trinajstić information content (AvgIpc) is 3.00. The summed E-state index contributed by atoms with van der Waals surface area (Å²) < 4.78 is 0. The number of hydrogen-bond acceptors (Lipinski definition) is 2. The Morgan fingerprint density at radius 3 is 3.00 bits per heavy atom. The number of aromatic amines is 1. The maximum atomic E-state index is 9.91. The van der Waals surface area contributed by atoms with Gasteiger partial charge in [0.1, 0.15) is 0 Å². The second-order valence-corrected chi connectivity index (χ2v) is 5.81. The zero-order chi connectivity index (χ0) is 13.2. The van der Waals surface area contributed by atoms with Crippen LogP contribution in [0, 0.1) is 5.92 Å². The van der Waals surface area contributed by atoms with Crippen molar-refractivity contribution in [1.29, 1.82) is 0 Å².